The van der Waals surface area contributed by atoms with E-state index in [-0.39, 0.29) is 5.41 Å². The summed E-state index contributed by atoms with van der Waals surface area (Å²) in [4.78, 5) is 2.34. The summed E-state index contributed by atoms with van der Waals surface area (Å²) in [6.45, 7) is 7.10. The Balaban J connectivity index is 1.08. The second-order valence-corrected chi connectivity index (χ2v) is 15.3. The fraction of sp³-hybridized carbons (Fsp3) is 0.0943. The topological polar surface area (TPSA) is 16.4 Å². The summed E-state index contributed by atoms with van der Waals surface area (Å²) in [5.41, 5.74) is 17.7. The summed E-state index contributed by atoms with van der Waals surface area (Å²) in [6.07, 6.45) is 0. The molecule has 1 heterocycles. The molecule has 1 aromatic heterocycles. The van der Waals surface area contributed by atoms with Gasteiger partial charge >= 0.3 is 0 Å². The van der Waals surface area contributed by atoms with Gasteiger partial charge in [0.1, 0.15) is 11.2 Å². The largest absolute Gasteiger partial charge is 0.456 e. The number of benzene rings is 8. The van der Waals surface area contributed by atoms with E-state index in [1.807, 2.05) is 0 Å². The lowest BCUT2D eigenvalue weighted by Gasteiger charge is -2.32. The van der Waals surface area contributed by atoms with Gasteiger partial charge in [-0.25, -0.2) is 0 Å². The average molecular weight is 708 g/mol. The molecule has 10 rings (SSSR count). The Bertz CT molecular complexity index is 2750. The molecule has 0 saturated carbocycles. The molecule has 264 valence electrons. The summed E-state index contributed by atoms with van der Waals surface area (Å²) in [6, 6.07) is 68.1. The fourth-order valence-electron chi connectivity index (χ4n) is 8.72. The summed E-state index contributed by atoms with van der Waals surface area (Å²) < 4.78 is 6.48. The van der Waals surface area contributed by atoms with Crippen molar-refractivity contribution in [2.45, 2.75) is 26.2 Å². The van der Waals surface area contributed by atoms with Gasteiger partial charge in [-0.2, -0.15) is 0 Å². The summed E-state index contributed by atoms with van der Waals surface area (Å²) in [5.74, 6) is 0.455. The monoisotopic (exact) mass is 707 g/mol. The fourth-order valence-corrected chi connectivity index (χ4v) is 8.72. The molecule has 0 spiro atoms. The number of hydrogen-bond donors (Lipinski definition) is 0. The average Bonchev–Trinajstić information content (AvgIpc) is 3.74. The van der Waals surface area contributed by atoms with Crippen molar-refractivity contribution in [3.63, 3.8) is 0 Å². The highest BCUT2D eigenvalue weighted by molar-refractivity contribution is 6.08. The zero-order valence-electron chi connectivity index (χ0n) is 31.3. The second-order valence-electron chi connectivity index (χ2n) is 15.3. The Morgan fingerprint density at radius 2 is 0.855 bits per heavy atom. The molecule has 0 fully saturated rings. The van der Waals surface area contributed by atoms with Crippen LogP contribution in [-0.4, -0.2) is 0 Å². The minimum absolute atomic E-state index is 0.0503. The number of rotatable bonds is 7. The zero-order valence-corrected chi connectivity index (χ0v) is 31.3. The van der Waals surface area contributed by atoms with E-state index >= 15 is 0 Å². The van der Waals surface area contributed by atoms with Gasteiger partial charge in [0.2, 0.25) is 0 Å². The van der Waals surface area contributed by atoms with Crippen LogP contribution in [0.15, 0.2) is 192 Å². The third-order valence-electron chi connectivity index (χ3n) is 12.0. The van der Waals surface area contributed by atoms with Gasteiger partial charge in [-0.15, -0.1) is 0 Å². The lowest BCUT2D eigenvalue weighted by atomic mass is 9.71. The first-order chi connectivity index (χ1) is 27.0. The van der Waals surface area contributed by atoms with Crippen LogP contribution < -0.4 is 4.90 Å². The summed E-state index contributed by atoms with van der Waals surface area (Å²) >= 11 is 0. The van der Waals surface area contributed by atoms with Gasteiger partial charge in [-0.05, 0) is 122 Å². The van der Waals surface area contributed by atoms with E-state index < -0.39 is 0 Å². The van der Waals surface area contributed by atoms with E-state index in [9.17, 15) is 0 Å². The van der Waals surface area contributed by atoms with Crippen LogP contribution in [0.4, 0.5) is 17.1 Å². The Morgan fingerprint density at radius 3 is 1.47 bits per heavy atom. The van der Waals surface area contributed by atoms with E-state index in [0.29, 0.717) is 5.92 Å². The van der Waals surface area contributed by atoms with Crippen LogP contribution in [0.3, 0.4) is 0 Å². The van der Waals surface area contributed by atoms with Crippen molar-refractivity contribution in [1.82, 2.24) is 0 Å². The molecule has 0 saturated heterocycles. The Morgan fingerprint density at radius 1 is 0.400 bits per heavy atom. The first kappa shape index (κ1) is 33.0. The molecule has 1 aliphatic carbocycles. The third-order valence-corrected chi connectivity index (χ3v) is 12.0. The maximum absolute atomic E-state index is 6.48. The molecule has 0 radical (unpaired) electrons. The summed E-state index contributed by atoms with van der Waals surface area (Å²) in [5, 5.41) is 2.21. The normalized spacial score (nSPS) is 14.7. The van der Waals surface area contributed by atoms with Crippen LogP contribution in [0.5, 0.6) is 0 Å². The molecule has 1 aliphatic rings. The highest BCUT2D eigenvalue weighted by atomic mass is 16.3. The molecular weight excluding hydrogens is 667 g/mol. The minimum atomic E-state index is -0.0503. The molecule has 2 heteroatoms. The van der Waals surface area contributed by atoms with Gasteiger partial charge in [-0.1, -0.05) is 148 Å². The van der Waals surface area contributed by atoms with Gasteiger partial charge in [0.05, 0.1) is 0 Å². The molecule has 1 unspecified atom stereocenters. The lowest BCUT2D eigenvalue weighted by Crippen LogP contribution is -2.27. The Kier molecular flexibility index (Phi) is 7.81. The smallest absolute Gasteiger partial charge is 0.135 e. The quantitative estimate of drug-likeness (QED) is 0.164. The van der Waals surface area contributed by atoms with E-state index in [0.717, 1.165) is 39.0 Å². The van der Waals surface area contributed by atoms with Crippen LogP contribution in [0.2, 0.25) is 0 Å². The maximum atomic E-state index is 6.48. The van der Waals surface area contributed by atoms with Gasteiger partial charge < -0.3 is 9.32 Å². The number of furan rings is 1. The molecule has 0 amide bonds. The van der Waals surface area contributed by atoms with Crippen molar-refractivity contribution in [2.24, 2.45) is 5.92 Å². The standard InChI is InChI=1S/C53H41NO/c1-35(2)53(3)49-17-11-10-16-45(49)46-29-22-41(33-50(46)53)40-23-30-51-47(32-40)48-34-44(28-31-52(48)55-51)54(42-24-18-38(19-25-42)36-12-6-4-7-13-36)43-26-20-39(21-27-43)37-14-8-5-9-15-37/h4-35H,1-3H3. The first-order valence-electron chi connectivity index (χ1n) is 19.3. The van der Waals surface area contributed by atoms with Gasteiger partial charge in [0, 0.05) is 33.2 Å². The van der Waals surface area contributed by atoms with Gasteiger partial charge in [0.25, 0.3) is 0 Å². The molecule has 8 aromatic carbocycles. The molecule has 0 aliphatic heterocycles. The van der Waals surface area contributed by atoms with Crippen molar-refractivity contribution < 1.29 is 4.42 Å². The third kappa shape index (κ3) is 5.48. The zero-order chi connectivity index (χ0) is 37.1. The van der Waals surface area contributed by atoms with Crippen molar-refractivity contribution in [3.05, 3.63) is 199 Å². The predicted octanol–water partition coefficient (Wildman–Crippen LogP) is 15.0. The molecular formula is C53H41NO. The van der Waals surface area contributed by atoms with E-state index in [2.05, 4.69) is 214 Å². The van der Waals surface area contributed by atoms with Crippen LogP contribution in [0.1, 0.15) is 31.9 Å². The molecule has 55 heavy (non-hydrogen) atoms. The van der Waals surface area contributed by atoms with E-state index in [1.54, 1.807) is 0 Å². The number of hydrogen-bond acceptors (Lipinski definition) is 2. The molecule has 9 aromatic rings. The SMILES string of the molecule is CC(C)C1(C)c2ccccc2-c2ccc(-c3ccc4oc5ccc(N(c6ccc(-c7ccccc7)cc6)c6ccc(-c7ccccc7)cc6)cc5c4c3)cc21. The number of nitrogens with zero attached hydrogens (tertiary/aromatic N) is 1. The Labute approximate surface area is 323 Å². The van der Waals surface area contributed by atoms with Crippen LogP contribution >= 0.6 is 0 Å². The Hall–Kier alpha value is -6.64. The van der Waals surface area contributed by atoms with Crippen LogP contribution in [0, 0.1) is 5.92 Å². The lowest BCUT2D eigenvalue weighted by molar-refractivity contribution is 0.414. The van der Waals surface area contributed by atoms with E-state index in [1.165, 1.54) is 55.6 Å². The van der Waals surface area contributed by atoms with Crippen LogP contribution in [-0.2, 0) is 5.41 Å². The molecule has 1 atom stereocenters. The minimum Gasteiger partial charge on any atom is -0.456 e. The summed E-state index contributed by atoms with van der Waals surface area (Å²) in [7, 11) is 0. The predicted molar refractivity (Wildman–Crippen MR) is 231 cm³/mol. The van der Waals surface area contributed by atoms with Gasteiger partial charge in [-0.3, -0.25) is 0 Å². The molecule has 0 N–H and O–H groups in total. The molecule has 2 nitrogen and oxygen atoms in total. The van der Waals surface area contributed by atoms with E-state index in [4.69, 9.17) is 4.42 Å². The van der Waals surface area contributed by atoms with Crippen molar-refractivity contribution in [3.8, 4) is 44.5 Å². The van der Waals surface area contributed by atoms with Crippen molar-refractivity contribution >= 4 is 39.0 Å². The maximum Gasteiger partial charge on any atom is 0.135 e. The second kappa shape index (κ2) is 13.0. The highest BCUT2D eigenvalue weighted by Crippen LogP contribution is 2.53. The van der Waals surface area contributed by atoms with Crippen molar-refractivity contribution in [1.29, 1.82) is 0 Å². The first-order valence-corrected chi connectivity index (χ1v) is 19.3. The van der Waals surface area contributed by atoms with Crippen LogP contribution in [0.25, 0.3) is 66.4 Å². The number of fused-ring (bicyclic) bond motifs is 6. The van der Waals surface area contributed by atoms with Crippen molar-refractivity contribution in [2.75, 3.05) is 4.90 Å². The number of anilines is 3. The van der Waals surface area contributed by atoms with Gasteiger partial charge in [0.15, 0.2) is 0 Å². The molecule has 0 bridgehead atoms. The highest BCUT2D eigenvalue weighted by Gasteiger charge is 2.41.